The SMILES string of the molecule is CC1(n2ccc(OCc3ccc(Cl)cc3)cc2=O)C=CC(OCCN2CC[C@@H](F)C2)=CC1. The molecule has 0 bridgehead atoms. The van der Waals surface area contributed by atoms with Gasteiger partial charge in [0.25, 0.3) is 5.56 Å². The Morgan fingerprint density at radius 2 is 2.03 bits per heavy atom. The smallest absolute Gasteiger partial charge is 0.255 e. The van der Waals surface area contributed by atoms with Crippen LogP contribution in [0.25, 0.3) is 0 Å². The van der Waals surface area contributed by atoms with Crippen LogP contribution in [-0.4, -0.2) is 41.9 Å². The summed E-state index contributed by atoms with van der Waals surface area (Å²) in [6, 6.07) is 10.7. The average Bonchev–Trinajstić information content (AvgIpc) is 3.20. The molecule has 1 aliphatic carbocycles. The molecule has 4 rings (SSSR count). The fraction of sp³-hybridized carbons (Fsp3) is 0.400. The molecule has 1 unspecified atom stereocenters. The maximum atomic E-state index is 13.2. The second kappa shape index (κ2) is 9.92. The number of alkyl halides is 1. The Hall–Kier alpha value is -2.57. The van der Waals surface area contributed by atoms with Gasteiger partial charge in [0, 0.05) is 36.9 Å². The van der Waals surface area contributed by atoms with Crippen LogP contribution in [0.3, 0.4) is 0 Å². The quantitative estimate of drug-likeness (QED) is 0.575. The Balaban J connectivity index is 1.31. The number of pyridine rings is 1. The van der Waals surface area contributed by atoms with Gasteiger partial charge in [-0.15, -0.1) is 0 Å². The number of nitrogens with zero attached hydrogens (tertiary/aromatic N) is 2. The Morgan fingerprint density at radius 3 is 2.69 bits per heavy atom. The second-order valence-electron chi connectivity index (χ2n) is 8.52. The molecule has 2 heterocycles. The number of hydrogen-bond donors (Lipinski definition) is 0. The highest BCUT2D eigenvalue weighted by molar-refractivity contribution is 6.30. The third-order valence-electron chi connectivity index (χ3n) is 5.97. The summed E-state index contributed by atoms with van der Waals surface area (Å²) in [7, 11) is 0. The number of benzene rings is 1. The lowest BCUT2D eigenvalue weighted by molar-refractivity contribution is 0.171. The minimum absolute atomic E-state index is 0.127. The van der Waals surface area contributed by atoms with Crippen molar-refractivity contribution < 1.29 is 13.9 Å². The summed E-state index contributed by atoms with van der Waals surface area (Å²) in [5.74, 6) is 1.32. The van der Waals surface area contributed by atoms with Crippen LogP contribution < -0.4 is 10.3 Å². The van der Waals surface area contributed by atoms with Gasteiger partial charge in [-0.25, -0.2) is 4.39 Å². The number of halogens is 2. The highest BCUT2D eigenvalue weighted by Gasteiger charge is 2.26. The molecule has 2 atom stereocenters. The van der Waals surface area contributed by atoms with Crippen LogP contribution >= 0.6 is 11.6 Å². The minimum Gasteiger partial charge on any atom is -0.493 e. The van der Waals surface area contributed by atoms with E-state index in [1.807, 2.05) is 49.4 Å². The number of aromatic nitrogens is 1. The Morgan fingerprint density at radius 1 is 1.22 bits per heavy atom. The summed E-state index contributed by atoms with van der Waals surface area (Å²) in [5.41, 5.74) is 0.376. The van der Waals surface area contributed by atoms with Gasteiger partial charge in [-0.2, -0.15) is 0 Å². The van der Waals surface area contributed by atoms with Crippen LogP contribution in [0.5, 0.6) is 5.75 Å². The first kappa shape index (κ1) is 22.6. The number of ether oxygens (including phenoxy) is 2. The standard InChI is InChI=1S/C25H28ClFN2O3/c1-25(10-6-22(7-11-25)31-15-14-28-12-8-21(27)17-28)29-13-9-23(16-24(29)30)32-18-19-2-4-20(26)5-3-19/h2-7,9-10,13,16,21H,8,11-12,14-15,17-18H2,1H3/t21-,25?/m1/s1. The predicted octanol–water partition coefficient (Wildman–Crippen LogP) is 4.70. The fourth-order valence-electron chi connectivity index (χ4n) is 3.99. The van der Waals surface area contributed by atoms with Crippen molar-refractivity contribution in [3.8, 4) is 5.75 Å². The molecule has 32 heavy (non-hydrogen) atoms. The van der Waals surface area contributed by atoms with Gasteiger partial charge < -0.3 is 14.0 Å². The van der Waals surface area contributed by atoms with Gasteiger partial charge >= 0.3 is 0 Å². The van der Waals surface area contributed by atoms with Gasteiger partial charge in [-0.3, -0.25) is 9.69 Å². The van der Waals surface area contributed by atoms with E-state index in [0.29, 0.717) is 43.4 Å². The highest BCUT2D eigenvalue weighted by Crippen LogP contribution is 2.28. The molecular formula is C25H28ClFN2O3. The maximum absolute atomic E-state index is 13.2. The van der Waals surface area contributed by atoms with Gasteiger partial charge in [0.15, 0.2) is 0 Å². The van der Waals surface area contributed by atoms with Crippen molar-refractivity contribution in [3.63, 3.8) is 0 Å². The monoisotopic (exact) mass is 458 g/mol. The van der Waals surface area contributed by atoms with E-state index in [0.717, 1.165) is 24.4 Å². The van der Waals surface area contributed by atoms with Gasteiger partial charge in [0.2, 0.25) is 0 Å². The number of hydrogen-bond acceptors (Lipinski definition) is 4. The second-order valence-corrected chi connectivity index (χ2v) is 8.96. The summed E-state index contributed by atoms with van der Waals surface area (Å²) in [5, 5.41) is 0.675. The van der Waals surface area contributed by atoms with E-state index in [9.17, 15) is 9.18 Å². The zero-order valence-corrected chi connectivity index (χ0v) is 18.9. The van der Waals surface area contributed by atoms with E-state index < -0.39 is 11.7 Å². The van der Waals surface area contributed by atoms with Crippen LogP contribution in [0.15, 0.2) is 71.4 Å². The Kier molecular flexibility index (Phi) is 7.01. The molecule has 0 amide bonds. The predicted molar refractivity (Wildman–Crippen MR) is 124 cm³/mol. The molecule has 1 aromatic heterocycles. The first-order chi connectivity index (χ1) is 15.4. The van der Waals surface area contributed by atoms with Crippen LogP contribution in [0.4, 0.5) is 4.39 Å². The van der Waals surface area contributed by atoms with Gasteiger partial charge in [-0.05, 0) is 55.7 Å². The lowest BCUT2D eigenvalue weighted by Crippen LogP contribution is -2.37. The molecule has 0 N–H and O–H groups in total. The molecule has 2 aliphatic rings. The number of rotatable bonds is 8. The van der Waals surface area contributed by atoms with E-state index in [1.165, 1.54) is 6.07 Å². The minimum atomic E-state index is -0.711. The first-order valence-electron chi connectivity index (χ1n) is 10.9. The van der Waals surface area contributed by atoms with Crippen molar-refractivity contribution >= 4 is 11.6 Å². The summed E-state index contributed by atoms with van der Waals surface area (Å²) >= 11 is 5.90. The van der Waals surface area contributed by atoms with Crippen molar-refractivity contribution in [2.75, 3.05) is 26.2 Å². The normalized spacial score (nSPS) is 23.2. The zero-order chi connectivity index (χ0) is 22.6. The third kappa shape index (κ3) is 5.61. The van der Waals surface area contributed by atoms with E-state index in [2.05, 4.69) is 4.90 Å². The van der Waals surface area contributed by atoms with Gasteiger partial charge in [0.05, 0.1) is 5.54 Å². The van der Waals surface area contributed by atoms with Gasteiger partial charge in [-0.1, -0.05) is 29.8 Å². The van der Waals surface area contributed by atoms with Crippen LogP contribution in [0.1, 0.15) is 25.3 Å². The third-order valence-corrected chi connectivity index (χ3v) is 6.23. The number of allylic oxidation sites excluding steroid dienone is 3. The van der Waals surface area contributed by atoms with Gasteiger partial charge in [0.1, 0.15) is 30.9 Å². The molecule has 7 heteroatoms. The lowest BCUT2D eigenvalue weighted by atomic mass is 9.92. The van der Waals surface area contributed by atoms with Crippen molar-refractivity contribution in [2.24, 2.45) is 0 Å². The van der Waals surface area contributed by atoms with E-state index in [4.69, 9.17) is 21.1 Å². The van der Waals surface area contributed by atoms with Crippen LogP contribution in [0.2, 0.25) is 5.02 Å². The molecule has 0 saturated carbocycles. The van der Waals surface area contributed by atoms with E-state index in [1.54, 1.807) is 16.8 Å². The Bertz CT molecular complexity index is 1050. The summed E-state index contributed by atoms with van der Waals surface area (Å²) < 4.78 is 26.6. The highest BCUT2D eigenvalue weighted by atomic mass is 35.5. The topological polar surface area (TPSA) is 43.7 Å². The summed E-state index contributed by atoms with van der Waals surface area (Å²) in [6.45, 7) is 4.92. The van der Waals surface area contributed by atoms with Crippen LogP contribution in [-0.2, 0) is 16.9 Å². The molecule has 5 nitrogen and oxygen atoms in total. The van der Waals surface area contributed by atoms with E-state index >= 15 is 0 Å². The average molecular weight is 459 g/mol. The van der Waals surface area contributed by atoms with Crippen molar-refractivity contribution in [1.29, 1.82) is 0 Å². The number of likely N-dealkylation sites (tertiary alicyclic amines) is 1. The van der Waals surface area contributed by atoms with E-state index in [-0.39, 0.29) is 5.56 Å². The molecular weight excluding hydrogens is 431 g/mol. The molecule has 1 fully saturated rings. The fourth-order valence-corrected chi connectivity index (χ4v) is 4.12. The molecule has 1 aromatic carbocycles. The summed E-state index contributed by atoms with van der Waals surface area (Å²) in [4.78, 5) is 14.9. The molecule has 0 spiro atoms. The van der Waals surface area contributed by atoms with Crippen molar-refractivity contribution in [1.82, 2.24) is 9.47 Å². The zero-order valence-electron chi connectivity index (χ0n) is 18.2. The lowest BCUT2D eigenvalue weighted by Gasteiger charge is -2.30. The Labute approximate surface area is 192 Å². The molecule has 1 aliphatic heterocycles. The molecule has 1 saturated heterocycles. The first-order valence-corrected chi connectivity index (χ1v) is 11.3. The maximum Gasteiger partial charge on any atom is 0.255 e. The van der Waals surface area contributed by atoms with Crippen molar-refractivity contribution in [3.05, 3.63) is 87.5 Å². The molecule has 0 radical (unpaired) electrons. The largest absolute Gasteiger partial charge is 0.493 e. The molecule has 170 valence electrons. The molecule has 2 aromatic rings. The van der Waals surface area contributed by atoms with Crippen LogP contribution in [0, 0.1) is 0 Å². The van der Waals surface area contributed by atoms with Crippen molar-refractivity contribution in [2.45, 2.75) is 38.1 Å². The summed E-state index contributed by atoms with van der Waals surface area (Å²) in [6.07, 6.45) is 8.20.